The number of halogens is 1. The number of ketones is 1. The van der Waals surface area contributed by atoms with E-state index in [0.29, 0.717) is 26.9 Å². The van der Waals surface area contributed by atoms with E-state index in [2.05, 4.69) is 28.1 Å². The molecule has 1 amide bonds. The Morgan fingerprint density at radius 2 is 1.54 bits per heavy atom. The third-order valence-electron chi connectivity index (χ3n) is 6.86. The van der Waals surface area contributed by atoms with Crippen LogP contribution in [0.4, 0.5) is 5.69 Å². The topological polar surface area (TPSA) is 111 Å². The van der Waals surface area contributed by atoms with Gasteiger partial charge in [-0.15, -0.1) is 0 Å². The number of carbonyl (C=O) groups excluding carboxylic acids is 2. The second-order valence-electron chi connectivity index (χ2n) is 8.60. The van der Waals surface area contributed by atoms with E-state index >= 15 is 0 Å². The second-order valence-corrected chi connectivity index (χ2v) is 9.45. The minimum atomic E-state index is -1.77. The summed E-state index contributed by atoms with van der Waals surface area (Å²) in [4.78, 5) is 28.7. The molecule has 35 heavy (non-hydrogen) atoms. The first kappa shape index (κ1) is 22.6. The highest BCUT2D eigenvalue weighted by atomic mass is 79.9. The summed E-state index contributed by atoms with van der Waals surface area (Å²) < 4.78 is 0.670. The molecule has 0 aliphatic carbocycles. The van der Waals surface area contributed by atoms with Crippen molar-refractivity contribution in [3.8, 4) is 12.1 Å². The average molecular weight is 523 g/mol. The van der Waals surface area contributed by atoms with Gasteiger partial charge < -0.3 is 10.6 Å². The van der Waals surface area contributed by atoms with Crippen LogP contribution in [0, 0.1) is 28.1 Å². The predicted octanol–water partition coefficient (Wildman–Crippen LogP) is 4.59. The van der Waals surface area contributed by atoms with Crippen LogP contribution in [-0.4, -0.2) is 23.8 Å². The van der Waals surface area contributed by atoms with E-state index in [1.54, 1.807) is 41.3 Å². The fourth-order valence-electron chi connectivity index (χ4n) is 5.42. The Hall–Kier alpha value is -4.20. The van der Waals surface area contributed by atoms with Crippen molar-refractivity contribution in [1.29, 1.82) is 10.5 Å². The lowest BCUT2D eigenvalue weighted by Crippen LogP contribution is -2.48. The van der Waals surface area contributed by atoms with Crippen molar-refractivity contribution in [1.82, 2.24) is 0 Å². The number of rotatable bonds is 4. The van der Waals surface area contributed by atoms with Gasteiger partial charge in [0.05, 0.1) is 18.2 Å². The normalized spacial score (nSPS) is 21.6. The van der Waals surface area contributed by atoms with Gasteiger partial charge in [0, 0.05) is 27.2 Å². The van der Waals surface area contributed by atoms with Crippen molar-refractivity contribution in [2.45, 2.75) is 18.0 Å². The number of para-hydroxylation sites is 1. The summed E-state index contributed by atoms with van der Waals surface area (Å²) in [6, 6.07) is 25.9. The fourth-order valence-corrected chi connectivity index (χ4v) is 5.95. The van der Waals surface area contributed by atoms with Crippen LogP contribution in [0.15, 0.2) is 88.9 Å². The zero-order valence-corrected chi connectivity index (χ0v) is 20.0. The fraction of sp³-hybridized carbons (Fsp3) is 0.143. The molecule has 3 atom stereocenters. The maximum absolute atomic E-state index is 14.2. The van der Waals surface area contributed by atoms with Crippen LogP contribution in [0.3, 0.4) is 0 Å². The number of nitrogens with zero attached hydrogens (tertiary/aromatic N) is 3. The van der Waals surface area contributed by atoms with Crippen LogP contribution < -0.4 is 10.6 Å². The molecule has 2 aliphatic rings. The van der Waals surface area contributed by atoms with Crippen molar-refractivity contribution in [3.63, 3.8) is 0 Å². The Balaban J connectivity index is 1.88. The zero-order chi connectivity index (χ0) is 24.7. The standard InChI is InChI=1S/C28H19BrN4O2/c29-21-12-6-5-11-19(21)23-24(25(34)17-8-2-1-3-9-17)33-22-13-7-4-10-18(22)14-20(27(32)35)26(33)28(23,15-30)16-31/h1-14,23-24,26H,(H2,32,35). The smallest absolute Gasteiger partial charge is 0.246 e. The summed E-state index contributed by atoms with van der Waals surface area (Å²) in [5, 5.41) is 21.2. The lowest BCUT2D eigenvalue weighted by Gasteiger charge is -2.38. The molecular weight excluding hydrogens is 504 g/mol. The maximum Gasteiger partial charge on any atom is 0.246 e. The molecular formula is C28H19BrN4O2. The van der Waals surface area contributed by atoms with Crippen LogP contribution >= 0.6 is 15.9 Å². The summed E-state index contributed by atoms with van der Waals surface area (Å²) >= 11 is 3.57. The third kappa shape index (κ3) is 3.28. The lowest BCUT2D eigenvalue weighted by atomic mass is 9.67. The molecule has 0 saturated carbocycles. The Morgan fingerprint density at radius 3 is 2.20 bits per heavy atom. The van der Waals surface area contributed by atoms with E-state index in [1.807, 2.05) is 48.5 Å². The summed E-state index contributed by atoms with van der Waals surface area (Å²) in [7, 11) is 0. The molecule has 0 radical (unpaired) electrons. The lowest BCUT2D eigenvalue weighted by molar-refractivity contribution is -0.114. The molecule has 3 unspecified atom stereocenters. The van der Waals surface area contributed by atoms with E-state index in [9.17, 15) is 20.1 Å². The van der Waals surface area contributed by atoms with Gasteiger partial charge in [0.2, 0.25) is 5.91 Å². The zero-order valence-electron chi connectivity index (χ0n) is 18.4. The molecule has 0 aromatic heterocycles. The van der Waals surface area contributed by atoms with Crippen LogP contribution in [0.2, 0.25) is 0 Å². The van der Waals surface area contributed by atoms with Gasteiger partial charge >= 0.3 is 0 Å². The van der Waals surface area contributed by atoms with Gasteiger partial charge in [-0.1, -0.05) is 82.7 Å². The number of benzene rings is 3. The van der Waals surface area contributed by atoms with E-state index < -0.39 is 29.3 Å². The number of primary amides is 1. The number of hydrogen-bond donors (Lipinski definition) is 1. The van der Waals surface area contributed by atoms with Gasteiger partial charge in [0.15, 0.2) is 11.2 Å². The number of hydrogen-bond acceptors (Lipinski definition) is 5. The Morgan fingerprint density at radius 1 is 0.914 bits per heavy atom. The number of Topliss-reactive ketones (excluding diaryl/α,β-unsaturated/α-hetero) is 1. The highest BCUT2D eigenvalue weighted by Gasteiger charge is 2.66. The second kappa shape index (κ2) is 8.54. The number of nitrogens with two attached hydrogens (primary N) is 1. The first-order valence-electron chi connectivity index (χ1n) is 11.0. The Labute approximate surface area is 211 Å². The van der Waals surface area contributed by atoms with Gasteiger partial charge in [-0.25, -0.2) is 0 Å². The summed E-state index contributed by atoms with van der Waals surface area (Å²) in [5.41, 5.74) is 6.63. The van der Waals surface area contributed by atoms with Crippen molar-refractivity contribution in [2.75, 3.05) is 4.90 Å². The minimum Gasteiger partial charge on any atom is -0.366 e. The number of fused-ring (bicyclic) bond motifs is 3. The first-order chi connectivity index (χ1) is 16.9. The van der Waals surface area contributed by atoms with Crippen LogP contribution in [0.25, 0.3) is 6.08 Å². The van der Waals surface area contributed by atoms with E-state index in [1.165, 1.54) is 0 Å². The molecule has 2 N–H and O–H groups in total. The number of amides is 1. The highest BCUT2D eigenvalue weighted by Crippen LogP contribution is 2.58. The quantitative estimate of drug-likeness (QED) is 0.503. The summed E-state index contributed by atoms with van der Waals surface area (Å²) in [6.07, 6.45) is 1.63. The van der Waals surface area contributed by atoms with Gasteiger partial charge in [0.25, 0.3) is 0 Å². The monoisotopic (exact) mass is 522 g/mol. The molecule has 6 nitrogen and oxygen atoms in total. The van der Waals surface area contributed by atoms with Crippen LogP contribution in [-0.2, 0) is 4.79 Å². The molecule has 5 rings (SSSR count). The van der Waals surface area contributed by atoms with E-state index in [4.69, 9.17) is 5.73 Å². The molecule has 0 bridgehead atoms. The molecule has 7 heteroatoms. The molecule has 170 valence electrons. The molecule has 0 spiro atoms. The van der Waals surface area contributed by atoms with Crippen molar-refractivity contribution < 1.29 is 9.59 Å². The minimum absolute atomic E-state index is 0.132. The third-order valence-corrected chi connectivity index (χ3v) is 7.58. The van der Waals surface area contributed by atoms with Crippen molar-refractivity contribution >= 4 is 39.4 Å². The van der Waals surface area contributed by atoms with Gasteiger partial charge in [-0.2, -0.15) is 10.5 Å². The van der Waals surface area contributed by atoms with E-state index in [0.717, 1.165) is 0 Å². The largest absolute Gasteiger partial charge is 0.366 e. The van der Waals surface area contributed by atoms with Crippen molar-refractivity contribution in [3.05, 3.63) is 106 Å². The summed E-state index contributed by atoms with van der Waals surface area (Å²) in [6.45, 7) is 0. The Bertz CT molecular complexity index is 1450. The van der Waals surface area contributed by atoms with Gasteiger partial charge in [0.1, 0.15) is 6.04 Å². The summed E-state index contributed by atoms with van der Waals surface area (Å²) in [5.74, 6) is -1.85. The van der Waals surface area contributed by atoms with Gasteiger partial charge in [-0.05, 0) is 29.3 Å². The molecule has 1 saturated heterocycles. The molecule has 2 heterocycles. The first-order valence-corrected chi connectivity index (χ1v) is 11.8. The van der Waals surface area contributed by atoms with Crippen LogP contribution in [0.1, 0.15) is 27.4 Å². The Kier molecular flexibility index (Phi) is 5.51. The maximum atomic E-state index is 14.2. The number of anilines is 1. The molecule has 1 fully saturated rings. The van der Waals surface area contributed by atoms with Gasteiger partial charge in [-0.3, -0.25) is 9.59 Å². The number of carbonyl (C=O) groups is 2. The van der Waals surface area contributed by atoms with Crippen LogP contribution in [0.5, 0.6) is 0 Å². The van der Waals surface area contributed by atoms with E-state index in [-0.39, 0.29) is 11.4 Å². The molecule has 2 aliphatic heterocycles. The number of nitriles is 2. The van der Waals surface area contributed by atoms with Crippen molar-refractivity contribution in [2.24, 2.45) is 11.1 Å². The SMILES string of the molecule is N#CC1(C#N)C(c2ccccc2Br)C(C(=O)c2ccccc2)N2c3ccccc3C=C(C(N)=O)C21. The highest BCUT2D eigenvalue weighted by molar-refractivity contribution is 9.10. The molecule has 3 aromatic rings. The predicted molar refractivity (Wildman–Crippen MR) is 135 cm³/mol. The average Bonchev–Trinajstić information content (AvgIpc) is 3.20. The molecule has 3 aromatic carbocycles.